The summed E-state index contributed by atoms with van der Waals surface area (Å²) in [5, 5.41) is 6.12. The monoisotopic (exact) mass is 393 g/mol. The van der Waals surface area contributed by atoms with E-state index in [1.165, 1.54) is 0 Å². The molecular weight excluding hydrogens is 362 g/mol. The van der Waals surface area contributed by atoms with E-state index in [0.29, 0.717) is 13.1 Å². The maximum atomic E-state index is 12.7. The van der Waals surface area contributed by atoms with E-state index < -0.39 is 0 Å². The van der Waals surface area contributed by atoms with Crippen molar-refractivity contribution in [1.29, 1.82) is 0 Å². The Balaban J connectivity index is 1.58. The van der Waals surface area contributed by atoms with Gasteiger partial charge in [0.05, 0.1) is 12.5 Å². The van der Waals surface area contributed by atoms with Crippen molar-refractivity contribution in [1.82, 2.24) is 4.90 Å². The minimum absolute atomic E-state index is 0.00952. The van der Waals surface area contributed by atoms with Crippen LogP contribution >= 0.6 is 0 Å². The van der Waals surface area contributed by atoms with Crippen molar-refractivity contribution in [3.63, 3.8) is 0 Å². The van der Waals surface area contributed by atoms with Crippen molar-refractivity contribution in [3.8, 4) is 0 Å². The molecule has 0 radical (unpaired) electrons. The predicted molar refractivity (Wildman–Crippen MR) is 118 cm³/mol. The second-order valence-corrected chi connectivity index (χ2v) is 7.64. The molecule has 0 aromatic heterocycles. The molecule has 29 heavy (non-hydrogen) atoms. The van der Waals surface area contributed by atoms with Crippen LogP contribution in [-0.4, -0.2) is 36.3 Å². The first-order chi connectivity index (χ1) is 14.1. The van der Waals surface area contributed by atoms with E-state index in [1.807, 2.05) is 36.4 Å². The van der Waals surface area contributed by atoms with Gasteiger partial charge in [0, 0.05) is 17.9 Å². The zero-order valence-corrected chi connectivity index (χ0v) is 17.4. The summed E-state index contributed by atoms with van der Waals surface area (Å²) in [6.45, 7) is 5.98. The van der Waals surface area contributed by atoms with E-state index in [2.05, 4.69) is 41.5 Å². The highest BCUT2D eigenvalue weighted by atomic mass is 16.2. The van der Waals surface area contributed by atoms with E-state index in [0.717, 1.165) is 54.7 Å². The number of aryl methyl sites for hydroxylation is 2. The van der Waals surface area contributed by atoms with Gasteiger partial charge >= 0.3 is 0 Å². The largest absolute Gasteiger partial charge is 0.326 e. The first kappa shape index (κ1) is 21.1. The lowest BCUT2D eigenvalue weighted by atomic mass is 9.97. The van der Waals surface area contributed by atoms with Crippen molar-refractivity contribution in [2.24, 2.45) is 5.92 Å². The van der Waals surface area contributed by atoms with Gasteiger partial charge in [-0.1, -0.05) is 50.2 Å². The Bertz CT molecular complexity index is 813. The number of para-hydroxylation sites is 2. The molecule has 1 heterocycles. The highest BCUT2D eigenvalue weighted by Gasteiger charge is 2.27. The quantitative estimate of drug-likeness (QED) is 0.744. The van der Waals surface area contributed by atoms with Crippen molar-refractivity contribution >= 4 is 23.2 Å². The van der Waals surface area contributed by atoms with E-state index in [1.54, 1.807) is 0 Å². The van der Waals surface area contributed by atoms with Gasteiger partial charge in [-0.25, -0.2) is 0 Å². The minimum Gasteiger partial charge on any atom is -0.326 e. The van der Waals surface area contributed by atoms with Crippen LogP contribution in [0.3, 0.4) is 0 Å². The third-order valence-corrected chi connectivity index (χ3v) is 5.55. The van der Waals surface area contributed by atoms with Crippen LogP contribution < -0.4 is 10.6 Å². The summed E-state index contributed by atoms with van der Waals surface area (Å²) in [7, 11) is 0. The molecule has 0 aliphatic carbocycles. The third-order valence-electron chi connectivity index (χ3n) is 5.55. The molecule has 5 nitrogen and oxygen atoms in total. The number of nitrogens with one attached hydrogen (secondary N) is 2. The predicted octanol–water partition coefficient (Wildman–Crippen LogP) is 4.10. The Labute approximate surface area is 173 Å². The number of rotatable bonds is 7. The van der Waals surface area contributed by atoms with E-state index in [-0.39, 0.29) is 17.7 Å². The maximum absolute atomic E-state index is 12.7. The maximum Gasteiger partial charge on any atom is 0.238 e. The van der Waals surface area contributed by atoms with Gasteiger partial charge in [0.25, 0.3) is 0 Å². The van der Waals surface area contributed by atoms with Crippen LogP contribution in [-0.2, 0) is 22.4 Å². The van der Waals surface area contributed by atoms with Gasteiger partial charge in [-0.2, -0.15) is 0 Å². The van der Waals surface area contributed by atoms with Crippen LogP contribution in [0.2, 0.25) is 0 Å². The van der Waals surface area contributed by atoms with E-state index in [4.69, 9.17) is 0 Å². The van der Waals surface area contributed by atoms with Crippen LogP contribution in [0, 0.1) is 5.92 Å². The van der Waals surface area contributed by atoms with Crippen LogP contribution in [0.25, 0.3) is 0 Å². The van der Waals surface area contributed by atoms with Gasteiger partial charge in [0.15, 0.2) is 0 Å². The molecule has 5 heteroatoms. The van der Waals surface area contributed by atoms with Crippen LogP contribution in [0.15, 0.2) is 48.5 Å². The van der Waals surface area contributed by atoms with Crippen LogP contribution in [0.4, 0.5) is 11.4 Å². The summed E-state index contributed by atoms with van der Waals surface area (Å²) >= 11 is 0. The Hall–Kier alpha value is -2.66. The zero-order valence-electron chi connectivity index (χ0n) is 17.4. The molecule has 1 saturated heterocycles. The number of hydrogen-bond donors (Lipinski definition) is 2. The summed E-state index contributed by atoms with van der Waals surface area (Å²) in [5.41, 5.74) is 4.10. The Morgan fingerprint density at radius 2 is 1.66 bits per heavy atom. The van der Waals surface area contributed by atoms with Gasteiger partial charge in [-0.05, 0) is 55.5 Å². The van der Waals surface area contributed by atoms with E-state index in [9.17, 15) is 9.59 Å². The number of nitrogens with zero attached hydrogens (tertiary/aromatic N) is 1. The average molecular weight is 394 g/mol. The number of carbonyl (C=O) groups excluding carboxylic acids is 2. The molecule has 1 fully saturated rings. The van der Waals surface area contributed by atoms with Crippen LogP contribution in [0.1, 0.15) is 37.8 Å². The number of amides is 2. The molecule has 0 spiro atoms. The molecule has 2 aromatic rings. The van der Waals surface area contributed by atoms with Gasteiger partial charge in [0.1, 0.15) is 0 Å². The van der Waals surface area contributed by atoms with Gasteiger partial charge in [0.2, 0.25) is 11.8 Å². The molecule has 1 aliphatic rings. The molecule has 2 aromatic carbocycles. The van der Waals surface area contributed by atoms with E-state index >= 15 is 0 Å². The molecule has 154 valence electrons. The third kappa shape index (κ3) is 5.67. The molecule has 0 saturated carbocycles. The Morgan fingerprint density at radius 3 is 2.31 bits per heavy atom. The smallest absolute Gasteiger partial charge is 0.238 e. The fraction of sp³-hybridized carbons (Fsp3) is 0.417. The fourth-order valence-electron chi connectivity index (χ4n) is 3.96. The van der Waals surface area contributed by atoms with Gasteiger partial charge in [-0.15, -0.1) is 0 Å². The normalized spacial score (nSPS) is 17.0. The molecule has 1 aliphatic heterocycles. The number of piperidine rings is 1. The Morgan fingerprint density at radius 1 is 0.966 bits per heavy atom. The van der Waals surface area contributed by atoms with Crippen LogP contribution in [0.5, 0.6) is 0 Å². The summed E-state index contributed by atoms with van der Waals surface area (Å²) in [5.74, 6) is -0.0680. The number of carbonyl (C=O) groups is 2. The minimum atomic E-state index is -0.0918. The summed E-state index contributed by atoms with van der Waals surface area (Å²) in [6, 6.07) is 15.7. The van der Waals surface area contributed by atoms with Gasteiger partial charge in [-0.3, -0.25) is 14.5 Å². The molecule has 1 atom stereocenters. The standard InChI is InChI=1S/C24H31N3O2/c1-3-18-10-8-11-19(4-2)23(18)26-22(28)17-27-15-9-12-20(16-27)24(29)25-21-13-6-5-7-14-21/h5-8,10-11,13-14,20H,3-4,9,12,15-17H2,1-2H3,(H,25,29)(H,26,28). The first-order valence-corrected chi connectivity index (χ1v) is 10.6. The highest BCUT2D eigenvalue weighted by molar-refractivity contribution is 5.94. The first-order valence-electron chi connectivity index (χ1n) is 10.6. The molecular formula is C24H31N3O2. The molecule has 0 bridgehead atoms. The summed E-state index contributed by atoms with van der Waals surface area (Å²) < 4.78 is 0. The lowest BCUT2D eigenvalue weighted by Gasteiger charge is -2.31. The SMILES string of the molecule is CCc1cccc(CC)c1NC(=O)CN1CCCC(C(=O)Nc2ccccc2)C1. The molecule has 3 rings (SSSR count). The van der Waals surface area contributed by atoms with Crippen molar-refractivity contribution in [3.05, 3.63) is 59.7 Å². The second kappa shape index (κ2) is 10.2. The molecule has 2 N–H and O–H groups in total. The fourth-order valence-corrected chi connectivity index (χ4v) is 3.96. The highest BCUT2D eigenvalue weighted by Crippen LogP contribution is 2.23. The summed E-state index contributed by atoms with van der Waals surface area (Å²) in [4.78, 5) is 27.4. The lowest BCUT2D eigenvalue weighted by Crippen LogP contribution is -2.44. The number of likely N-dealkylation sites (tertiary alicyclic amines) is 1. The zero-order chi connectivity index (χ0) is 20.6. The lowest BCUT2D eigenvalue weighted by molar-refractivity contribution is -0.123. The van der Waals surface area contributed by atoms with Gasteiger partial charge < -0.3 is 10.6 Å². The second-order valence-electron chi connectivity index (χ2n) is 7.64. The summed E-state index contributed by atoms with van der Waals surface area (Å²) in [6.07, 6.45) is 3.55. The molecule has 2 amide bonds. The van der Waals surface area contributed by atoms with Crippen molar-refractivity contribution in [2.75, 3.05) is 30.3 Å². The number of benzene rings is 2. The van der Waals surface area contributed by atoms with Crippen molar-refractivity contribution in [2.45, 2.75) is 39.5 Å². The van der Waals surface area contributed by atoms with Crippen molar-refractivity contribution < 1.29 is 9.59 Å². The number of hydrogen-bond acceptors (Lipinski definition) is 3. The topological polar surface area (TPSA) is 61.4 Å². The average Bonchev–Trinajstić information content (AvgIpc) is 2.74. The molecule has 1 unspecified atom stereocenters. The Kier molecular flexibility index (Phi) is 7.42. The number of anilines is 2.